The van der Waals surface area contributed by atoms with E-state index < -0.39 is 47.5 Å². The van der Waals surface area contributed by atoms with Crippen LogP contribution in [0.5, 0.6) is 11.6 Å². The molecule has 2 aromatic carbocycles. The van der Waals surface area contributed by atoms with Crippen molar-refractivity contribution in [2.45, 2.75) is 42.0 Å². The Bertz CT molecular complexity index is 1460. The van der Waals surface area contributed by atoms with E-state index in [0.717, 1.165) is 9.37 Å². The Morgan fingerprint density at radius 3 is 2.55 bits per heavy atom. The van der Waals surface area contributed by atoms with E-state index in [4.69, 9.17) is 21.1 Å². The van der Waals surface area contributed by atoms with Gasteiger partial charge in [-0.15, -0.1) is 0 Å². The Labute approximate surface area is 242 Å². The predicted molar refractivity (Wildman–Crippen MR) is 146 cm³/mol. The molecular formula is C29H26BrClF2N2O5. The molecule has 0 spiro atoms. The normalized spacial score (nSPS) is 30.4. The number of aliphatic hydroxyl groups excluding tert-OH is 1. The molecule has 5 atom stereocenters. The number of piperidine rings is 1. The molecule has 0 bridgehead atoms. The number of hydrogen-bond acceptors (Lipinski definition) is 6. The van der Waals surface area contributed by atoms with Gasteiger partial charge in [-0.25, -0.2) is 13.8 Å². The molecular weight excluding hydrogens is 610 g/mol. The number of rotatable bonds is 4. The topological polar surface area (TPSA) is 92.1 Å². The smallest absolute Gasteiger partial charge is 0.265 e. The fourth-order valence-electron chi connectivity index (χ4n) is 6.75. The lowest BCUT2D eigenvalue weighted by Gasteiger charge is -2.41. The van der Waals surface area contributed by atoms with Crippen LogP contribution in [0, 0.1) is 5.92 Å². The molecule has 1 aliphatic carbocycles. The molecule has 6 rings (SSSR count). The maximum absolute atomic E-state index is 14.5. The summed E-state index contributed by atoms with van der Waals surface area (Å²) in [7, 11) is 1.34. The second-order valence-corrected chi connectivity index (χ2v) is 11.8. The number of pyridine rings is 1. The number of fused-ring (bicyclic) bond motifs is 3. The van der Waals surface area contributed by atoms with Crippen molar-refractivity contribution < 1.29 is 33.3 Å². The predicted octanol–water partition coefficient (Wildman–Crippen LogP) is 5.01. The molecule has 2 aliphatic heterocycles. The molecule has 0 unspecified atom stereocenters. The first-order valence-electron chi connectivity index (χ1n) is 12.9. The summed E-state index contributed by atoms with van der Waals surface area (Å²) in [5.41, 5.74) is -2.99. The van der Waals surface area contributed by atoms with Gasteiger partial charge in [-0.3, -0.25) is 4.79 Å². The molecule has 1 saturated heterocycles. The molecule has 210 valence electrons. The summed E-state index contributed by atoms with van der Waals surface area (Å²) in [6, 6.07) is 17.3. The third-order valence-electron chi connectivity index (χ3n) is 8.32. The third-order valence-corrected chi connectivity index (χ3v) is 9.04. The van der Waals surface area contributed by atoms with E-state index in [0.29, 0.717) is 11.1 Å². The minimum absolute atomic E-state index is 0.0371. The van der Waals surface area contributed by atoms with Crippen LogP contribution in [0.25, 0.3) is 0 Å². The average molecular weight is 636 g/mol. The van der Waals surface area contributed by atoms with Crippen LogP contribution in [-0.4, -0.2) is 58.2 Å². The minimum Gasteiger partial charge on any atom is -0.481 e. The number of halogens is 4. The lowest BCUT2D eigenvalue weighted by molar-refractivity contribution is -0.160. The maximum Gasteiger partial charge on any atom is 0.265 e. The average Bonchev–Trinajstić information content (AvgIpc) is 3.30. The van der Waals surface area contributed by atoms with Gasteiger partial charge in [-0.05, 0) is 29.7 Å². The maximum atomic E-state index is 14.5. The van der Waals surface area contributed by atoms with Crippen LogP contribution in [0.3, 0.4) is 0 Å². The molecule has 1 saturated carbocycles. The minimum atomic E-state index is -3.05. The fraction of sp³-hybridized carbons (Fsp3) is 0.379. The Kier molecular flexibility index (Phi) is 6.61. The summed E-state index contributed by atoms with van der Waals surface area (Å²) >= 11 is 9.70. The first-order chi connectivity index (χ1) is 19.0. The molecule has 2 N–H and O–H groups in total. The fourth-order valence-corrected chi connectivity index (χ4v) is 7.19. The van der Waals surface area contributed by atoms with Crippen molar-refractivity contribution in [3.63, 3.8) is 0 Å². The van der Waals surface area contributed by atoms with Crippen LogP contribution >= 0.6 is 27.5 Å². The summed E-state index contributed by atoms with van der Waals surface area (Å²) in [6.45, 7) is -0.654. The van der Waals surface area contributed by atoms with Crippen molar-refractivity contribution in [1.82, 2.24) is 9.88 Å². The summed E-state index contributed by atoms with van der Waals surface area (Å²) in [6.07, 6.45) is -1.99. The van der Waals surface area contributed by atoms with Gasteiger partial charge in [0.05, 0.1) is 25.1 Å². The van der Waals surface area contributed by atoms with Gasteiger partial charge in [0.25, 0.3) is 5.92 Å². The van der Waals surface area contributed by atoms with Gasteiger partial charge in [0.1, 0.15) is 17.0 Å². The first kappa shape index (κ1) is 27.4. The molecule has 1 amide bonds. The van der Waals surface area contributed by atoms with E-state index in [-0.39, 0.29) is 41.7 Å². The largest absolute Gasteiger partial charge is 0.481 e. The Morgan fingerprint density at radius 2 is 1.90 bits per heavy atom. The number of aliphatic hydroxyl groups is 2. The van der Waals surface area contributed by atoms with E-state index in [9.17, 15) is 23.8 Å². The van der Waals surface area contributed by atoms with Crippen molar-refractivity contribution in [2.24, 2.45) is 5.92 Å². The molecule has 2 fully saturated rings. The number of methoxy groups -OCH3 is 1. The molecule has 3 aliphatic rings. The zero-order valence-corrected chi connectivity index (χ0v) is 23.7. The summed E-state index contributed by atoms with van der Waals surface area (Å²) in [5.74, 6) is -6.04. The molecule has 3 heterocycles. The lowest BCUT2D eigenvalue weighted by Crippen LogP contribution is -2.52. The van der Waals surface area contributed by atoms with Gasteiger partial charge >= 0.3 is 0 Å². The van der Waals surface area contributed by atoms with Crippen LogP contribution in [0.4, 0.5) is 8.78 Å². The van der Waals surface area contributed by atoms with E-state index in [2.05, 4.69) is 20.9 Å². The molecule has 11 heteroatoms. The highest BCUT2D eigenvalue weighted by Crippen LogP contribution is 2.70. The molecule has 7 nitrogen and oxygen atoms in total. The highest BCUT2D eigenvalue weighted by atomic mass is 79.9. The number of benzene rings is 2. The van der Waals surface area contributed by atoms with Crippen molar-refractivity contribution in [1.29, 1.82) is 0 Å². The van der Waals surface area contributed by atoms with Gasteiger partial charge < -0.3 is 24.6 Å². The summed E-state index contributed by atoms with van der Waals surface area (Å²) < 4.78 is 41.8. The van der Waals surface area contributed by atoms with Gasteiger partial charge in [-0.1, -0.05) is 70.0 Å². The number of carbonyl (C=O) groups is 1. The highest BCUT2D eigenvalue weighted by Gasteiger charge is 2.78. The molecule has 1 aromatic heterocycles. The Morgan fingerprint density at radius 1 is 1.20 bits per heavy atom. The highest BCUT2D eigenvalue weighted by molar-refractivity contribution is 9.10. The summed E-state index contributed by atoms with van der Waals surface area (Å²) in [4.78, 5) is 19.5. The van der Waals surface area contributed by atoms with E-state index in [1.807, 2.05) is 0 Å². The quantitative estimate of drug-likeness (QED) is 0.392. The van der Waals surface area contributed by atoms with Crippen LogP contribution in [0.2, 0.25) is 5.15 Å². The zero-order valence-electron chi connectivity index (χ0n) is 21.4. The number of ether oxygens (including phenoxy) is 2. The number of aromatic nitrogens is 1. The number of amides is 1. The van der Waals surface area contributed by atoms with E-state index in [1.165, 1.54) is 13.2 Å². The van der Waals surface area contributed by atoms with E-state index >= 15 is 0 Å². The van der Waals surface area contributed by atoms with Crippen molar-refractivity contribution in [2.75, 3.05) is 20.2 Å². The third kappa shape index (κ3) is 3.87. The van der Waals surface area contributed by atoms with Gasteiger partial charge in [0.15, 0.2) is 11.2 Å². The van der Waals surface area contributed by atoms with Crippen molar-refractivity contribution >= 4 is 33.4 Å². The van der Waals surface area contributed by atoms with Crippen molar-refractivity contribution in [3.05, 3.63) is 87.0 Å². The van der Waals surface area contributed by atoms with Gasteiger partial charge in [-0.2, -0.15) is 0 Å². The number of nitrogens with zero attached hydrogens (tertiary/aromatic N) is 2. The first-order valence-corrected chi connectivity index (χ1v) is 14.0. The summed E-state index contributed by atoms with van der Waals surface area (Å²) in [5, 5.41) is 25.0. The molecule has 3 aromatic rings. The van der Waals surface area contributed by atoms with E-state index in [1.54, 1.807) is 54.6 Å². The van der Waals surface area contributed by atoms with Crippen LogP contribution < -0.4 is 9.47 Å². The molecule has 40 heavy (non-hydrogen) atoms. The monoisotopic (exact) mass is 634 g/mol. The lowest BCUT2D eigenvalue weighted by atomic mass is 9.70. The number of hydrogen-bond donors (Lipinski definition) is 2. The standard InChI is InChI=1S/C29H26BrClF2N2O5/c1-39-25-23-19(14-20(31)34-25)40-29(17-8-10-18(30)11-9-17)22(16-6-3-2-4-7-16)21(24(36)28(23,29)38)26(37)35-13-5-12-27(32,33)15-35/h2-4,6-11,14,21-22,24,36,38H,5,12-13,15H2,1H3/t21-,22-,24-,28+,29+/m1/s1. The number of likely N-dealkylation sites (tertiary alicyclic amines) is 1. The van der Waals surface area contributed by atoms with Crippen LogP contribution in [0.15, 0.2) is 65.1 Å². The van der Waals surface area contributed by atoms with Crippen LogP contribution in [-0.2, 0) is 16.0 Å². The van der Waals surface area contributed by atoms with Crippen molar-refractivity contribution in [3.8, 4) is 11.6 Å². The zero-order chi connectivity index (χ0) is 28.4. The Hall–Kier alpha value is -2.79. The second kappa shape index (κ2) is 9.65. The van der Waals surface area contributed by atoms with Crippen LogP contribution in [0.1, 0.15) is 35.4 Å². The molecule has 0 radical (unpaired) electrons. The number of alkyl halides is 2. The van der Waals surface area contributed by atoms with Gasteiger partial charge in [0, 0.05) is 29.4 Å². The number of carbonyl (C=O) groups excluding carboxylic acids is 1. The second-order valence-electron chi connectivity index (χ2n) is 10.5. The SMILES string of the molecule is COc1nc(Cl)cc2c1[C@]1(O)[C@H](O)[C@H](C(=O)N3CCCC(F)(F)C3)[C@@H](c3ccccc3)[C@]1(c1ccc(Br)cc1)O2. The Balaban J connectivity index is 1.64. The van der Waals surface area contributed by atoms with Gasteiger partial charge in [0.2, 0.25) is 11.8 Å².